The Hall–Kier alpha value is -3.47. The van der Waals surface area contributed by atoms with Crippen molar-refractivity contribution in [3.05, 3.63) is 83.4 Å². The molecule has 0 bridgehead atoms. The number of carbonyl (C=O) groups excluding carboxylic acids is 1. The lowest BCUT2D eigenvalue weighted by molar-refractivity contribution is 0.136. The molecule has 0 saturated heterocycles. The molecular weight excluding hydrogens is 424 g/mol. The fourth-order valence-electron chi connectivity index (χ4n) is 5.00. The predicted octanol–water partition coefficient (Wildman–Crippen LogP) is 6.13. The number of benzene rings is 3. The normalized spacial score (nSPS) is 15.7. The van der Waals surface area contributed by atoms with E-state index in [0.717, 1.165) is 24.4 Å². The van der Waals surface area contributed by atoms with Crippen molar-refractivity contribution in [2.75, 3.05) is 25.0 Å². The van der Waals surface area contributed by atoms with Gasteiger partial charge < -0.3 is 20.1 Å². The molecule has 0 radical (unpaired) electrons. The molecule has 0 fully saturated rings. The largest absolute Gasteiger partial charge is 0.488 e. The first-order valence-electron chi connectivity index (χ1n) is 12.3. The molecule has 5 rings (SSSR count). The summed E-state index contributed by atoms with van der Waals surface area (Å²) in [7, 11) is 0. The van der Waals surface area contributed by atoms with Gasteiger partial charge in [0.15, 0.2) is 0 Å². The van der Waals surface area contributed by atoms with Crippen LogP contribution in [0.3, 0.4) is 0 Å². The van der Waals surface area contributed by atoms with Crippen molar-refractivity contribution in [1.82, 2.24) is 5.32 Å². The van der Waals surface area contributed by atoms with Crippen molar-refractivity contribution in [2.24, 2.45) is 0 Å². The average molecular weight is 457 g/mol. The number of nitrogens with one attached hydrogen (secondary N) is 2. The number of hydrogen-bond acceptors (Lipinski definition) is 4. The van der Waals surface area contributed by atoms with Gasteiger partial charge in [-0.05, 0) is 52.4 Å². The first kappa shape index (κ1) is 22.3. The van der Waals surface area contributed by atoms with Gasteiger partial charge in [-0.15, -0.1) is 0 Å². The molecule has 0 aromatic heterocycles. The molecular formula is C29H32N2O3. The fraction of sp³-hybridized carbons (Fsp3) is 0.345. The van der Waals surface area contributed by atoms with Crippen molar-refractivity contribution in [3.8, 4) is 16.9 Å². The van der Waals surface area contributed by atoms with Crippen LogP contribution in [0.25, 0.3) is 11.1 Å². The number of fused-ring (bicyclic) bond motifs is 4. The standard InChI is InChI=1S/C29H32N2O3/c1-2-3-8-15-30-21-13-14-28-20(16-21)17-22(34-28)18-31-29(32)33-19-27-25-11-6-4-9-23(25)24-10-5-7-12-26(24)27/h4-7,9-14,16,22,27,30H,2-3,8,15,17-19H2,1H3,(H,31,32). The van der Waals surface area contributed by atoms with Crippen molar-refractivity contribution in [1.29, 1.82) is 0 Å². The van der Waals surface area contributed by atoms with Gasteiger partial charge in [0.25, 0.3) is 0 Å². The highest BCUT2D eigenvalue weighted by Crippen LogP contribution is 2.44. The van der Waals surface area contributed by atoms with Crippen molar-refractivity contribution in [2.45, 2.75) is 44.6 Å². The summed E-state index contributed by atoms with van der Waals surface area (Å²) in [6.07, 6.45) is 3.94. The average Bonchev–Trinajstić information content (AvgIpc) is 3.42. The molecule has 1 amide bonds. The van der Waals surface area contributed by atoms with E-state index in [1.807, 2.05) is 18.2 Å². The Bertz CT molecular complexity index is 1110. The lowest BCUT2D eigenvalue weighted by Crippen LogP contribution is -2.35. The van der Waals surface area contributed by atoms with Crippen LogP contribution < -0.4 is 15.4 Å². The van der Waals surface area contributed by atoms with Crippen LogP contribution in [-0.2, 0) is 11.2 Å². The van der Waals surface area contributed by atoms with Crippen molar-refractivity contribution >= 4 is 11.8 Å². The van der Waals surface area contributed by atoms with Gasteiger partial charge in [-0.25, -0.2) is 4.79 Å². The number of amides is 1. The Morgan fingerprint density at radius 3 is 2.47 bits per heavy atom. The van der Waals surface area contributed by atoms with E-state index in [1.165, 1.54) is 47.1 Å². The van der Waals surface area contributed by atoms with E-state index in [0.29, 0.717) is 13.2 Å². The molecule has 2 aliphatic rings. The Morgan fingerprint density at radius 2 is 1.74 bits per heavy atom. The zero-order valence-electron chi connectivity index (χ0n) is 19.7. The molecule has 1 atom stereocenters. The van der Waals surface area contributed by atoms with Gasteiger partial charge in [0.1, 0.15) is 18.5 Å². The van der Waals surface area contributed by atoms with E-state index >= 15 is 0 Å². The number of hydrogen-bond donors (Lipinski definition) is 2. The summed E-state index contributed by atoms with van der Waals surface area (Å²) >= 11 is 0. The molecule has 1 aliphatic heterocycles. The quantitative estimate of drug-likeness (QED) is 0.380. The number of unbranched alkanes of at least 4 members (excludes halogenated alkanes) is 2. The molecule has 176 valence electrons. The summed E-state index contributed by atoms with van der Waals surface area (Å²) in [6.45, 7) is 3.94. The molecule has 1 unspecified atom stereocenters. The predicted molar refractivity (Wildman–Crippen MR) is 136 cm³/mol. The van der Waals surface area contributed by atoms with Crippen LogP contribution >= 0.6 is 0 Å². The van der Waals surface area contributed by atoms with E-state index in [4.69, 9.17) is 9.47 Å². The number of anilines is 1. The minimum atomic E-state index is -0.403. The lowest BCUT2D eigenvalue weighted by atomic mass is 9.98. The molecule has 34 heavy (non-hydrogen) atoms. The van der Waals surface area contributed by atoms with Gasteiger partial charge in [0.05, 0.1) is 6.54 Å². The Balaban J connectivity index is 1.11. The van der Waals surface area contributed by atoms with Gasteiger partial charge in [-0.2, -0.15) is 0 Å². The number of rotatable bonds is 9. The van der Waals surface area contributed by atoms with Crippen LogP contribution in [0.1, 0.15) is 48.8 Å². The summed E-state index contributed by atoms with van der Waals surface area (Å²) in [5.41, 5.74) is 7.19. The SMILES string of the molecule is CCCCCNc1ccc2c(c1)CC(CNC(=O)OCC1c3ccccc3-c3ccccc31)O2. The third kappa shape index (κ3) is 4.74. The maximum absolute atomic E-state index is 12.5. The highest BCUT2D eigenvalue weighted by atomic mass is 16.5. The van der Waals surface area contributed by atoms with Crippen molar-refractivity contribution < 1.29 is 14.3 Å². The van der Waals surface area contributed by atoms with Crippen molar-refractivity contribution in [3.63, 3.8) is 0 Å². The zero-order chi connectivity index (χ0) is 23.3. The topological polar surface area (TPSA) is 59.6 Å². The van der Waals surface area contributed by atoms with Gasteiger partial charge in [0.2, 0.25) is 0 Å². The van der Waals surface area contributed by atoms with Crippen LogP contribution in [0, 0.1) is 0 Å². The second kappa shape index (κ2) is 10.2. The molecule has 5 heteroatoms. The van der Waals surface area contributed by atoms with Gasteiger partial charge in [0, 0.05) is 24.6 Å². The lowest BCUT2D eigenvalue weighted by Gasteiger charge is -2.16. The number of ether oxygens (including phenoxy) is 2. The van der Waals surface area contributed by atoms with E-state index < -0.39 is 6.09 Å². The van der Waals surface area contributed by atoms with E-state index in [2.05, 4.69) is 66.1 Å². The smallest absolute Gasteiger partial charge is 0.407 e. The number of carbonyl (C=O) groups is 1. The van der Waals surface area contributed by atoms with Gasteiger partial charge >= 0.3 is 6.09 Å². The van der Waals surface area contributed by atoms with Crippen LogP contribution in [0.4, 0.5) is 10.5 Å². The Labute approximate surface area is 201 Å². The minimum absolute atomic E-state index is 0.0633. The zero-order valence-corrected chi connectivity index (χ0v) is 19.7. The second-order valence-corrected chi connectivity index (χ2v) is 9.11. The Morgan fingerprint density at radius 1 is 1.00 bits per heavy atom. The summed E-state index contributed by atoms with van der Waals surface area (Å²) < 4.78 is 11.7. The first-order chi connectivity index (χ1) is 16.7. The molecule has 5 nitrogen and oxygen atoms in total. The fourth-order valence-corrected chi connectivity index (χ4v) is 5.00. The van der Waals surface area contributed by atoms with E-state index in [1.54, 1.807) is 0 Å². The molecule has 1 aliphatic carbocycles. The summed E-state index contributed by atoms with van der Waals surface area (Å²) in [5, 5.41) is 6.38. The minimum Gasteiger partial charge on any atom is -0.488 e. The molecule has 0 saturated carbocycles. The van der Waals surface area contributed by atoms with Crippen LogP contribution in [-0.4, -0.2) is 31.9 Å². The molecule has 0 spiro atoms. The third-order valence-electron chi connectivity index (χ3n) is 6.73. The molecule has 3 aromatic rings. The molecule has 3 aromatic carbocycles. The summed E-state index contributed by atoms with van der Waals surface area (Å²) in [5.74, 6) is 0.965. The van der Waals surface area contributed by atoms with Gasteiger partial charge in [-0.3, -0.25) is 0 Å². The van der Waals surface area contributed by atoms with Gasteiger partial charge in [-0.1, -0.05) is 68.3 Å². The Kier molecular flexibility index (Phi) is 6.70. The third-order valence-corrected chi connectivity index (χ3v) is 6.73. The van der Waals surface area contributed by atoms with Crippen LogP contribution in [0.15, 0.2) is 66.7 Å². The number of alkyl carbamates (subject to hydrolysis) is 1. The molecule has 2 N–H and O–H groups in total. The summed E-state index contributed by atoms with van der Waals surface area (Å²) in [4.78, 5) is 12.5. The van der Waals surface area contributed by atoms with E-state index in [9.17, 15) is 4.79 Å². The van der Waals surface area contributed by atoms with Crippen LogP contribution in [0.2, 0.25) is 0 Å². The second-order valence-electron chi connectivity index (χ2n) is 9.11. The first-order valence-corrected chi connectivity index (χ1v) is 12.3. The maximum atomic E-state index is 12.5. The summed E-state index contributed by atoms with van der Waals surface area (Å²) in [6, 6.07) is 22.9. The highest BCUT2D eigenvalue weighted by molar-refractivity contribution is 5.79. The molecule has 1 heterocycles. The van der Waals surface area contributed by atoms with E-state index in [-0.39, 0.29) is 12.0 Å². The highest BCUT2D eigenvalue weighted by Gasteiger charge is 2.29. The van der Waals surface area contributed by atoms with Crippen LogP contribution in [0.5, 0.6) is 5.75 Å². The monoisotopic (exact) mass is 456 g/mol. The maximum Gasteiger partial charge on any atom is 0.407 e.